The highest BCUT2D eigenvalue weighted by atomic mass is 16.1. The van der Waals surface area contributed by atoms with Gasteiger partial charge in [-0.05, 0) is 32.4 Å². The van der Waals surface area contributed by atoms with Gasteiger partial charge in [0.25, 0.3) is 11.3 Å². The summed E-state index contributed by atoms with van der Waals surface area (Å²) in [6.45, 7) is 6.23. The maximum Gasteiger partial charge on any atom is 0.262 e. The highest BCUT2D eigenvalue weighted by molar-refractivity contribution is 5.81. The van der Waals surface area contributed by atoms with Crippen molar-refractivity contribution in [1.82, 2.24) is 24.1 Å². The van der Waals surface area contributed by atoms with Crippen LogP contribution in [0.25, 0.3) is 16.7 Å². The molecule has 0 saturated carbocycles. The first-order chi connectivity index (χ1) is 11.5. The van der Waals surface area contributed by atoms with E-state index in [1.807, 2.05) is 39.0 Å². The minimum Gasteiger partial charge on any atom is -0.310 e. The number of hydrogen-bond acceptors (Lipinski definition) is 4. The van der Waals surface area contributed by atoms with Crippen LogP contribution in [0.3, 0.4) is 0 Å². The zero-order chi connectivity index (χ0) is 16.8. The van der Waals surface area contributed by atoms with Gasteiger partial charge in [0.15, 0.2) is 0 Å². The Morgan fingerprint density at radius 1 is 1.00 bits per heavy atom. The maximum atomic E-state index is 12.9. The lowest BCUT2D eigenvalue weighted by Crippen LogP contribution is -2.22. The lowest BCUT2D eigenvalue weighted by Gasteiger charge is -2.09. The monoisotopic (exact) mass is 319 g/mol. The Kier molecular flexibility index (Phi) is 3.19. The van der Waals surface area contributed by atoms with E-state index >= 15 is 0 Å². The normalized spacial score (nSPS) is 11.5. The highest BCUT2D eigenvalue weighted by Gasteiger charge is 2.13. The molecule has 3 aromatic heterocycles. The lowest BCUT2D eigenvalue weighted by atomic mass is 10.1. The van der Waals surface area contributed by atoms with Crippen LogP contribution >= 0.6 is 0 Å². The number of fused-ring (bicyclic) bond motifs is 3. The number of aromatic nitrogens is 5. The molecule has 0 spiro atoms. The van der Waals surface area contributed by atoms with E-state index in [-0.39, 0.29) is 5.56 Å². The third-order valence-corrected chi connectivity index (χ3v) is 4.17. The van der Waals surface area contributed by atoms with Gasteiger partial charge in [-0.2, -0.15) is 9.50 Å². The Morgan fingerprint density at radius 2 is 1.75 bits per heavy atom. The zero-order valence-electron chi connectivity index (χ0n) is 13.8. The van der Waals surface area contributed by atoms with Crippen molar-refractivity contribution in [2.45, 2.75) is 27.3 Å². The second-order valence-corrected chi connectivity index (χ2v) is 6.06. The fourth-order valence-corrected chi connectivity index (χ4v) is 2.94. The molecule has 0 radical (unpaired) electrons. The molecule has 0 aliphatic heterocycles. The SMILES string of the molecule is Cc1ccc(Cn2ccc3c(c(C)nc4nc(C)nn43)c2=O)cc1. The molecule has 4 aromatic rings. The topological polar surface area (TPSA) is 65.1 Å². The third-order valence-electron chi connectivity index (χ3n) is 4.17. The Hall–Kier alpha value is -3.02. The number of hydrogen-bond donors (Lipinski definition) is 0. The molecule has 0 fully saturated rings. The molecule has 0 aliphatic rings. The summed E-state index contributed by atoms with van der Waals surface area (Å²) in [6, 6.07) is 10.1. The number of aryl methyl sites for hydroxylation is 3. The van der Waals surface area contributed by atoms with Crippen LogP contribution in [0.5, 0.6) is 0 Å². The molecule has 120 valence electrons. The van der Waals surface area contributed by atoms with E-state index in [1.54, 1.807) is 15.3 Å². The highest BCUT2D eigenvalue weighted by Crippen LogP contribution is 2.15. The standard InChI is InChI=1S/C18H17N5O/c1-11-4-6-14(7-5-11)10-22-9-8-15-16(17(22)24)12(2)19-18-20-13(3)21-23(15)18/h4-9H,10H2,1-3H3. The molecule has 0 N–H and O–H groups in total. The predicted molar refractivity (Wildman–Crippen MR) is 92.3 cm³/mol. The van der Waals surface area contributed by atoms with Crippen molar-refractivity contribution in [1.29, 1.82) is 0 Å². The molecule has 1 aromatic carbocycles. The first-order valence-electron chi connectivity index (χ1n) is 7.81. The Labute approximate surface area is 138 Å². The third kappa shape index (κ3) is 2.27. The predicted octanol–water partition coefficient (Wildman–Crippen LogP) is 2.41. The van der Waals surface area contributed by atoms with Gasteiger partial charge in [0.05, 0.1) is 23.1 Å². The zero-order valence-corrected chi connectivity index (χ0v) is 13.8. The summed E-state index contributed by atoms with van der Waals surface area (Å²) in [4.78, 5) is 21.6. The minimum atomic E-state index is -0.0619. The lowest BCUT2D eigenvalue weighted by molar-refractivity contribution is 0.764. The molecule has 0 saturated heterocycles. The van der Waals surface area contributed by atoms with Crippen molar-refractivity contribution >= 4 is 16.7 Å². The number of nitrogens with zero attached hydrogens (tertiary/aromatic N) is 5. The first kappa shape index (κ1) is 14.6. The molecule has 0 atom stereocenters. The van der Waals surface area contributed by atoms with Crippen molar-refractivity contribution in [3.8, 4) is 0 Å². The van der Waals surface area contributed by atoms with Crippen molar-refractivity contribution < 1.29 is 0 Å². The van der Waals surface area contributed by atoms with Gasteiger partial charge in [-0.15, -0.1) is 5.10 Å². The van der Waals surface area contributed by atoms with Gasteiger partial charge in [-0.1, -0.05) is 29.8 Å². The number of rotatable bonds is 2. The van der Waals surface area contributed by atoms with Crippen molar-refractivity contribution in [2.24, 2.45) is 0 Å². The van der Waals surface area contributed by atoms with E-state index in [4.69, 9.17) is 0 Å². The van der Waals surface area contributed by atoms with E-state index < -0.39 is 0 Å². The van der Waals surface area contributed by atoms with Gasteiger partial charge in [0.2, 0.25) is 0 Å². The van der Waals surface area contributed by atoms with E-state index in [1.165, 1.54) is 5.56 Å². The molecular formula is C18H17N5O. The number of benzene rings is 1. The average Bonchev–Trinajstić information content (AvgIpc) is 2.92. The summed E-state index contributed by atoms with van der Waals surface area (Å²) in [5.41, 5.74) is 3.64. The average molecular weight is 319 g/mol. The van der Waals surface area contributed by atoms with Crippen LogP contribution < -0.4 is 5.56 Å². The minimum absolute atomic E-state index is 0.0619. The Balaban J connectivity index is 1.91. The molecule has 0 aliphatic carbocycles. The molecule has 0 amide bonds. The van der Waals surface area contributed by atoms with E-state index in [2.05, 4.69) is 27.2 Å². The summed E-state index contributed by atoms with van der Waals surface area (Å²) in [7, 11) is 0. The quantitative estimate of drug-likeness (QED) is 0.569. The van der Waals surface area contributed by atoms with E-state index in [0.29, 0.717) is 29.2 Å². The van der Waals surface area contributed by atoms with E-state index in [0.717, 1.165) is 11.1 Å². The summed E-state index contributed by atoms with van der Waals surface area (Å²) in [5.74, 6) is 1.16. The van der Waals surface area contributed by atoms with Crippen LogP contribution in [0.4, 0.5) is 0 Å². The molecule has 3 heterocycles. The second-order valence-electron chi connectivity index (χ2n) is 6.06. The smallest absolute Gasteiger partial charge is 0.262 e. The number of pyridine rings is 1. The molecule has 0 unspecified atom stereocenters. The van der Waals surface area contributed by atoms with Gasteiger partial charge in [-0.25, -0.2) is 4.98 Å². The summed E-state index contributed by atoms with van der Waals surface area (Å²) in [6.07, 6.45) is 1.81. The van der Waals surface area contributed by atoms with Gasteiger partial charge >= 0.3 is 0 Å². The molecular weight excluding hydrogens is 302 g/mol. The van der Waals surface area contributed by atoms with Crippen LogP contribution in [-0.4, -0.2) is 24.1 Å². The van der Waals surface area contributed by atoms with E-state index in [9.17, 15) is 4.79 Å². The van der Waals surface area contributed by atoms with Crippen LogP contribution in [0, 0.1) is 20.8 Å². The fourth-order valence-electron chi connectivity index (χ4n) is 2.94. The maximum absolute atomic E-state index is 12.9. The Morgan fingerprint density at radius 3 is 2.50 bits per heavy atom. The summed E-state index contributed by atoms with van der Waals surface area (Å²) < 4.78 is 3.34. The molecule has 4 rings (SSSR count). The van der Waals surface area contributed by atoms with Crippen LogP contribution in [0.2, 0.25) is 0 Å². The van der Waals surface area contributed by atoms with Crippen molar-refractivity contribution in [3.63, 3.8) is 0 Å². The van der Waals surface area contributed by atoms with Gasteiger partial charge in [-0.3, -0.25) is 4.79 Å². The first-order valence-corrected chi connectivity index (χ1v) is 7.81. The molecule has 6 nitrogen and oxygen atoms in total. The van der Waals surface area contributed by atoms with Gasteiger partial charge in [0.1, 0.15) is 5.82 Å². The van der Waals surface area contributed by atoms with Crippen LogP contribution in [0.1, 0.15) is 22.6 Å². The Bertz CT molecular complexity index is 1120. The molecule has 24 heavy (non-hydrogen) atoms. The fraction of sp³-hybridized carbons (Fsp3) is 0.222. The second kappa shape index (κ2) is 5.26. The van der Waals surface area contributed by atoms with Gasteiger partial charge < -0.3 is 4.57 Å². The van der Waals surface area contributed by atoms with Crippen molar-refractivity contribution in [2.75, 3.05) is 0 Å². The van der Waals surface area contributed by atoms with Crippen LogP contribution in [-0.2, 0) is 6.54 Å². The molecule has 6 heteroatoms. The summed E-state index contributed by atoms with van der Waals surface area (Å²) in [5, 5.41) is 4.93. The van der Waals surface area contributed by atoms with Crippen LogP contribution in [0.15, 0.2) is 41.3 Å². The van der Waals surface area contributed by atoms with Gasteiger partial charge in [0, 0.05) is 6.20 Å². The van der Waals surface area contributed by atoms with Crippen molar-refractivity contribution in [3.05, 3.63) is 69.5 Å². The molecule has 0 bridgehead atoms. The largest absolute Gasteiger partial charge is 0.310 e. The summed E-state index contributed by atoms with van der Waals surface area (Å²) >= 11 is 0.